The summed E-state index contributed by atoms with van der Waals surface area (Å²) in [4.78, 5) is 22.7. The fourth-order valence-corrected chi connectivity index (χ4v) is 3.41. The molecule has 0 spiro atoms. The molecule has 1 aromatic heterocycles. The van der Waals surface area contributed by atoms with Gasteiger partial charge in [-0.25, -0.2) is 9.97 Å². The molecule has 2 aromatic rings. The number of ether oxygens (including phenoxy) is 1. The predicted octanol–water partition coefficient (Wildman–Crippen LogP) is 3.98. The van der Waals surface area contributed by atoms with Crippen molar-refractivity contribution in [3.8, 4) is 5.75 Å². The second kappa shape index (κ2) is 7.35. The summed E-state index contributed by atoms with van der Waals surface area (Å²) in [5.41, 5.74) is 1.20. The number of carbonyl (C=O) groups is 1. The first-order valence-corrected chi connectivity index (χ1v) is 9.89. The summed E-state index contributed by atoms with van der Waals surface area (Å²) in [7, 11) is 0. The van der Waals surface area contributed by atoms with Gasteiger partial charge in [-0.15, -0.1) is 0 Å². The summed E-state index contributed by atoms with van der Waals surface area (Å²) in [6.07, 6.45) is 6.48. The Morgan fingerprint density at radius 1 is 1.23 bits per heavy atom. The molecule has 4 rings (SSSR count). The fraction of sp³-hybridized carbons (Fsp3) is 0.450. The van der Waals surface area contributed by atoms with Gasteiger partial charge in [0.2, 0.25) is 5.95 Å². The molecule has 0 amide bonds. The Labute approximate surface area is 161 Å². The van der Waals surface area contributed by atoms with E-state index in [-0.39, 0.29) is 12.0 Å². The van der Waals surface area contributed by atoms with E-state index in [4.69, 9.17) is 4.74 Å². The highest BCUT2D eigenvalue weighted by atomic mass is 79.9. The number of nitrogens with zero attached hydrogens (tertiary/aromatic N) is 3. The second-order valence-electron chi connectivity index (χ2n) is 7.26. The summed E-state index contributed by atoms with van der Waals surface area (Å²) in [5, 5.41) is 0. The van der Waals surface area contributed by atoms with Crippen LogP contribution in [0.1, 0.15) is 37.7 Å². The fourth-order valence-electron chi connectivity index (χ4n) is 3.20. The molecule has 2 heterocycles. The third kappa shape index (κ3) is 4.06. The Balaban J connectivity index is 1.27. The normalized spacial score (nSPS) is 18.3. The van der Waals surface area contributed by atoms with Gasteiger partial charge in [-0.05, 0) is 52.4 Å². The SMILES string of the molecule is C[C@H](CC(=O)C1CC1)c1ccc(OC2CN(c3ncc(Br)cn3)C2)cc1. The lowest BCUT2D eigenvalue weighted by molar-refractivity contribution is -0.120. The molecular weight excluding hydrogens is 394 g/mol. The predicted molar refractivity (Wildman–Crippen MR) is 104 cm³/mol. The molecular formula is C20H22BrN3O2. The van der Waals surface area contributed by atoms with Gasteiger partial charge in [-0.2, -0.15) is 0 Å². The van der Waals surface area contributed by atoms with E-state index >= 15 is 0 Å². The molecule has 0 radical (unpaired) electrons. The third-order valence-electron chi connectivity index (χ3n) is 5.03. The number of aromatic nitrogens is 2. The highest BCUT2D eigenvalue weighted by Crippen LogP contribution is 2.34. The average molecular weight is 416 g/mol. The summed E-state index contributed by atoms with van der Waals surface area (Å²) >= 11 is 3.34. The first kappa shape index (κ1) is 17.5. The molecule has 0 bridgehead atoms. The van der Waals surface area contributed by atoms with Gasteiger partial charge in [0.15, 0.2) is 0 Å². The van der Waals surface area contributed by atoms with E-state index in [1.54, 1.807) is 12.4 Å². The zero-order valence-electron chi connectivity index (χ0n) is 14.8. The Hall–Kier alpha value is -1.95. The molecule has 2 fully saturated rings. The lowest BCUT2D eigenvalue weighted by atomic mass is 9.94. The maximum atomic E-state index is 12.0. The lowest BCUT2D eigenvalue weighted by Crippen LogP contribution is -2.54. The van der Waals surface area contributed by atoms with Crippen LogP contribution in [0.15, 0.2) is 41.1 Å². The Kier molecular flexibility index (Phi) is 4.94. The highest BCUT2D eigenvalue weighted by Gasteiger charge is 2.31. The van der Waals surface area contributed by atoms with Crippen molar-refractivity contribution in [1.82, 2.24) is 9.97 Å². The standard InChI is InChI=1S/C20H22BrN3O2/c1-13(8-19(25)15-2-3-15)14-4-6-17(7-5-14)26-18-11-24(12-18)20-22-9-16(21)10-23-20/h4-7,9-10,13,15,18H,2-3,8,11-12H2,1H3/t13-/m1/s1. The van der Waals surface area contributed by atoms with Gasteiger partial charge in [0.25, 0.3) is 0 Å². The van der Waals surface area contributed by atoms with Crippen molar-refractivity contribution in [2.75, 3.05) is 18.0 Å². The molecule has 1 aliphatic carbocycles. The first-order chi connectivity index (χ1) is 12.6. The minimum atomic E-state index is 0.155. The summed E-state index contributed by atoms with van der Waals surface area (Å²) in [5.74, 6) is 2.64. The van der Waals surface area contributed by atoms with Crippen LogP contribution in [-0.4, -0.2) is 34.9 Å². The number of hydrogen-bond donors (Lipinski definition) is 0. The van der Waals surface area contributed by atoms with E-state index in [1.807, 2.05) is 12.1 Å². The minimum absolute atomic E-state index is 0.155. The molecule has 1 aromatic carbocycles. The lowest BCUT2D eigenvalue weighted by Gasteiger charge is -2.38. The van der Waals surface area contributed by atoms with Gasteiger partial charge in [0, 0.05) is 24.7 Å². The van der Waals surface area contributed by atoms with Gasteiger partial charge in [-0.1, -0.05) is 19.1 Å². The molecule has 136 valence electrons. The monoisotopic (exact) mass is 415 g/mol. The van der Waals surface area contributed by atoms with Gasteiger partial charge in [-0.3, -0.25) is 4.79 Å². The van der Waals surface area contributed by atoms with Gasteiger partial charge in [0.1, 0.15) is 17.6 Å². The third-order valence-corrected chi connectivity index (χ3v) is 5.44. The number of halogens is 1. The van der Waals surface area contributed by atoms with E-state index in [2.05, 4.69) is 49.9 Å². The Morgan fingerprint density at radius 2 is 1.88 bits per heavy atom. The van der Waals surface area contributed by atoms with Gasteiger partial charge >= 0.3 is 0 Å². The molecule has 1 aliphatic heterocycles. The van der Waals surface area contributed by atoms with Crippen LogP contribution in [0.25, 0.3) is 0 Å². The molecule has 5 nitrogen and oxygen atoms in total. The summed E-state index contributed by atoms with van der Waals surface area (Å²) < 4.78 is 6.89. The molecule has 0 N–H and O–H groups in total. The van der Waals surface area contributed by atoms with E-state index < -0.39 is 0 Å². The van der Waals surface area contributed by atoms with Crippen LogP contribution in [0.2, 0.25) is 0 Å². The first-order valence-electron chi connectivity index (χ1n) is 9.10. The van der Waals surface area contributed by atoms with Gasteiger partial charge in [0.05, 0.1) is 17.6 Å². The second-order valence-corrected chi connectivity index (χ2v) is 8.18. The smallest absolute Gasteiger partial charge is 0.225 e. The number of Topliss-reactive ketones (excluding diaryl/α,β-unsaturated/α-hetero) is 1. The van der Waals surface area contributed by atoms with Crippen molar-refractivity contribution in [2.24, 2.45) is 5.92 Å². The highest BCUT2D eigenvalue weighted by molar-refractivity contribution is 9.10. The number of benzene rings is 1. The van der Waals surface area contributed by atoms with Crippen LogP contribution < -0.4 is 9.64 Å². The van der Waals surface area contributed by atoms with E-state index in [1.165, 1.54) is 5.56 Å². The van der Waals surface area contributed by atoms with Crippen molar-refractivity contribution >= 4 is 27.7 Å². The number of anilines is 1. The van der Waals surface area contributed by atoms with Crippen LogP contribution in [-0.2, 0) is 4.79 Å². The molecule has 26 heavy (non-hydrogen) atoms. The van der Waals surface area contributed by atoms with Crippen LogP contribution in [0.5, 0.6) is 5.75 Å². The number of ketones is 1. The van der Waals surface area contributed by atoms with Crippen LogP contribution in [0.4, 0.5) is 5.95 Å². The van der Waals surface area contributed by atoms with Crippen LogP contribution in [0, 0.1) is 5.92 Å². The topological polar surface area (TPSA) is 55.3 Å². The zero-order valence-corrected chi connectivity index (χ0v) is 16.4. The molecule has 2 aliphatic rings. The zero-order chi connectivity index (χ0) is 18.1. The molecule has 1 saturated heterocycles. The van der Waals surface area contributed by atoms with Crippen molar-refractivity contribution in [3.63, 3.8) is 0 Å². The number of hydrogen-bond acceptors (Lipinski definition) is 5. The average Bonchev–Trinajstić information content (AvgIpc) is 3.44. The van der Waals surface area contributed by atoms with E-state index in [0.717, 1.165) is 42.1 Å². The maximum Gasteiger partial charge on any atom is 0.225 e. The van der Waals surface area contributed by atoms with E-state index in [0.29, 0.717) is 18.1 Å². The van der Waals surface area contributed by atoms with Crippen LogP contribution in [0.3, 0.4) is 0 Å². The molecule has 6 heteroatoms. The largest absolute Gasteiger partial charge is 0.487 e. The van der Waals surface area contributed by atoms with Crippen molar-refractivity contribution in [3.05, 3.63) is 46.7 Å². The Bertz CT molecular complexity index is 769. The van der Waals surface area contributed by atoms with Gasteiger partial charge < -0.3 is 9.64 Å². The number of carbonyl (C=O) groups excluding carboxylic acids is 1. The molecule has 1 atom stereocenters. The summed E-state index contributed by atoms with van der Waals surface area (Å²) in [6.45, 7) is 3.70. The van der Waals surface area contributed by atoms with Crippen molar-refractivity contribution < 1.29 is 9.53 Å². The maximum absolute atomic E-state index is 12.0. The van der Waals surface area contributed by atoms with Crippen LogP contribution >= 0.6 is 15.9 Å². The van der Waals surface area contributed by atoms with Crippen molar-refractivity contribution in [2.45, 2.75) is 38.2 Å². The molecule has 0 unspecified atom stereocenters. The minimum Gasteiger partial charge on any atom is -0.487 e. The molecule has 1 saturated carbocycles. The van der Waals surface area contributed by atoms with Crippen molar-refractivity contribution in [1.29, 1.82) is 0 Å². The Morgan fingerprint density at radius 3 is 2.50 bits per heavy atom. The van der Waals surface area contributed by atoms with E-state index in [9.17, 15) is 4.79 Å². The summed E-state index contributed by atoms with van der Waals surface area (Å²) in [6, 6.07) is 8.17. The number of rotatable bonds is 7. The quantitative estimate of drug-likeness (QED) is 0.684.